The highest BCUT2D eigenvalue weighted by molar-refractivity contribution is 7.99. The van der Waals surface area contributed by atoms with Crippen molar-refractivity contribution < 1.29 is 19.2 Å². The molecule has 0 rings (SSSR count). The number of nitrogens with one attached hydrogen (secondary N) is 2. The summed E-state index contributed by atoms with van der Waals surface area (Å²) >= 11 is 16.7. The van der Waals surface area contributed by atoms with Crippen molar-refractivity contribution in [3.8, 4) is 0 Å². The Kier molecular flexibility index (Phi) is 57.7. The quantitative estimate of drug-likeness (QED) is 0.147. The fourth-order valence-corrected chi connectivity index (χ4v) is 2.69. The van der Waals surface area contributed by atoms with Crippen LogP contribution in [0.3, 0.4) is 0 Å². The Morgan fingerprint density at radius 3 is 1.03 bits per heavy atom. The number of thioether (sulfide) groups is 4. The number of hydrogen-bond donors (Lipinski definition) is 4. The molecule has 0 aliphatic heterocycles. The zero-order valence-corrected chi connectivity index (χ0v) is 27.4. The van der Waals surface area contributed by atoms with Crippen LogP contribution in [-0.2, 0) is 19.2 Å². The molecule has 14 heteroatoms. The van der Waals surface area contributed by atoms with E-state index in [0.717, 1.165) is 36.1 Å². The van der Waals surface area contributed by atoms with Crippen LogP contribution in [0.15, 0.2) is 0 Å². The summed E-state index contributed by atoms with van der Waals surface area (Å²) < 4.78 is 0. The second-order valence-corrected chi connectivity index (χ2v) is 10.7. The highest BCUT2D eigenvalue weighted by Gasteiger charge is 2.05. The summed E-state index contributed by atoms with van der Waals surface area (Å²) in [5.74, 6) is 3.89. The molecule has 0 spiro atoms. The van der Waals surface area contributed by atoms with Crippen molar-refractivity contribution in [3.05, 3.63) is 0 Å². The van der Waals surface area contributed by atoms with Gasteiger partial charge in [0, 0.05) is 74.9 Å². The smallest absolute Gasteiger partial charge is 0.222 e. The van der Waals surface area contributed by atoms with E-state index in [1.165, 1.54) is 0 Å². The van der Waals surface area contributed by atoms with Gasteiger partial charge in [-0.2, -0.15) is 47.0 Å². The SMILES string of the molecule is CC.CSCCN.CSCCN.CSCCNC(=O)CCC(=O)NCCSC.O=C(Cl)CCC(=O)Cl. The maximum atomic E-state index is 11.2. The van der Waals surface area contributed by atoms with Crippen molar-refractivity contribution in [2.75, 3.05) is 74.2 Å². The lowest BCUT2D eigenvalue weighted by Gasteiger charge is -2.05. The molecule has 0 bridgehead atoms. The average Bonchev–Trinajstić information content (AvgIpc) is 2.85. The molecule has 0 radical (unpaired) electrons. The molecular weight excluding hydrogens is 583 g/mol. The maximum Gasteiger partial charge on any atom is 0.222 e. The molecule has 0 saturated heterocycles. The number of rotatable bonds is 16. The third-order valence-corrected chi connectivity index (χ3v) is 5.89. The molecule has 0 aliphatic rings. The van der Waals surface area contributed by atoms with Crippen LogP contribution in [0.1, 0.15) is 39.5 Å². The predicted octanol–water partition coefficient (Wildman–Crippen LogP) is 3.66. The number of amides is 2. The standard InChI is InChI=1S/C10H20N2O2S2.C4H4Cl2O2.2C3H9NS.C2H6/c1-15-7-5-11-9(13)3-4-10(14)12-6-8-16-2;5-3(7)1-2-4(6)8;2*1-5-3-2-4;1-2/h3-8H2,1-2H3,(H,11,13)(H,12,14);1-2H2;2*2-4H2,1H3;1-2H3. The molecule has 0 atom stereocenters. The first-order valence-electron chi connectivity index (χ1n) is 11.4. The topological polar surface area (TPSA) is 144 Å². The summed E-state index contributed by atoms with van der Waals surface area (Å²) in [4.78, 5) is 42.3. The van der Waals surface area contributed by atoms with Crippen molar-refractivity contribution in [3.63, 3.8) is 0 Å². The lowest BCUT2D eigenvalue weighted by Crippen LogP contribution is -2.29. The molecule has 0 saturated carbocycles. The Bertz CT molecular complexity index is 453. The van der Waals surface area contributed by atoms with E-state index in [1.54, 1.807) is 47.0 Å². The molecule has 0 aromatic carbocycles. The number of halogens is 2. The Labute approximate surface area is 246 Å². The molecule has 0 unspecified atom stereocenters. The summed E-state index contributed by atoms with van der Waals surface area (Å²) in [5, 5.41) is 4.47. The van der Waals surface area contributed by atoms with Gasteiger partial charge in [-0.15, -0.1) is 0 Å². The van der Waals surface area contributed by atoms with Crippen molar-refractivity contribution in [1.82, 2.24) is 10.6 Å². The zero-order valence-electron chi connectivity index (χ0n) is 22.7. The fourth-order valence-electron chi connectivity index (χ4n) is 1.42. The van der Waals surface area contributed by atoms with Gasteiger partial charge in [0.2, 0.25) is 22.3 Å². The Hall–Kier alpha value is 0.180. The molecule has 2 amide bonds. The summed E-state index contributed by atoms with van der Waals surface area (Å²) in [6.45, 7) is 6.96. The lowest BCUT2D eigenvalue weighted by molar-refractivity contribution is -0.126. The highest BCUT2D eigenvalue weighted by Crippen LogP contribution is 1.97. The highest BCUT2D eigenvalue weighted by atomic mass is 35.5. The zero-order chi connectivity index (χ0) is 29.0. The van der Waals surface area contributed by atoms with Gasteiger partial charge in [-0.3, -0.25) is 19.2 Å². The molecular formula is C22H48Cl2N4O4S4. The van der Waals surface area contributed by atoms with E-state index in [2.05, 4.69) is 10.6 Å². The van der Waals surface area contributed by atoms with Crippen molar-refractivity contribution >= 4 is 92.5 Å². The molecule has 8 nitrogen and oxygen atoms in total. The Balaban J connectivity index is -0.000000133. The largest absolute Gasteiger partial charge is 0.355 e. The van der Waals surface area contributed by atoms with Crippen LogP contribution < -0.4 is 22.1 Å². The minimum atomic E-state index is -0.529. The lowest BCUT2D eigenvalue weighted by atomic mass is 10.3. The molecule has 36 heavy (non-hydrogen) atoms. The van der Waals surface area contributed by atoms with E-state index >= 15 is 0 Å². The summed E-state index contributed by atoms with van der Waals surface area (Å²) in [6.07, 6.45) is 8.70. The fraction of sp³-hybridized carbons (Fsp3) is 0.818. The monoisotopic (exact) mass is 630 g/mol. The Morgan fingerprint density at radius 1 is 0.583 bits per heavy atom. The van der Waals surface area contributed by atoms with Crippen molar-refractivity contribution in [2.45, 2.75) is 39.5 Å². The van der Waals surface area contributed by atoms with Crippen LogP contribution in [0.4, 0.5) is 0 Å². The average molecular weight is 632 g/mol. The van der Waals surface area contributed by atoms with Crippen LogP contribution in [0, 0.1) is 0 Å². The first kappa shape index (κ1) is 46.1. The van der Waals surface area contributed by atoms with Crippen LogP contribution in [0.2, 0.25) is 0 Å². The first-order valence-corrected chi connectivity index (χ1v) is 17.8. The van der Waals surface area contributed by atoms with Crippen LogP contribution >= 0.6 is 70.2 Å². The van der Waals surface area contributed by atoms with Gasteiger partial charge in [-0.25, -0.2) is 0 Å². The number of carbonyl (C=O) groups is 4. The molecule has 218 valence electrons. The second kappa shape index (κ2) is 45.1. The van der Waals surface area contributed by atoms with Gasteiger partial charge in [0.05, 0.1) is 0 Å². The van der Waals surface area contributed by atoms with Crippen molar-refractivity contribution in [2.24, 2.45) is 11.5 Å². The van der Waals surface area contributed by atoms with Crippen LogP contribution in [0.25, 0.3) is 0 Å². The van der Waals surface area contributed by atoms with Gasteiger partial charge in [-0.05, 0) is 48.2 Å². The van der Waals surface area contributed by atoms with Gasteiger partial charge in [0.1, 0.15) is 0 Å². The maximum absolute atomic E-state index is 11.2. The number of carbonyl (C=O) groups excluding carboxylic acids is 4. The van der Waals surface area contributed by atoms with Gasteiger partial charge >= 0.3 is 0 Å². The summed E-state index contributed by atoms with van der Waals surface area (Å²) in [7, 11) is 0. The Morgan fingerprint density at radius 2 is 0.861 bits per heavy atom. The predicted molar refractivity (Wildman–Crippen MR) is 169 cm³/mol. The third kappa shape index (κ3) is 64.4. The molecule has 0 aromatic heterocycles. The van der Waals surface area contributed by atoms with Crippen LogP contribution in [0.5, 0.6) is 0 Å². The van der Waals surface area contributed by atoms with E-state index in [-0.39, 0.29) is 37.5 Å². The van der Waals surface area contributed by atoms with Gasteiger partial charge in [0.15, 0.2) is 0 Å². The molecule has 0 aromatic rings. The first-order chi connectivity index (χ1) is 17.2. The van der Waals surface area contributed by atoms with Gasteiger partial charge in [0.25, 0.3) is 0 Å². The van der Waals surface area contributed by atoms with E-state index in [0.29, 0.717) is 13.1 Å². The summed E-state index contributed by atoms with van der Waals surface area (Å²) in [6, 6.07) is 0. The van der Waals surface area contributed by atoms with E-state index < -0.39 is 10.5 Å². The molecule has 6 N–H and O–H groups in total. The van der Waals surface area contributed by atoms with Gasteiger partial charge < -0.3 is 22.1 Å². The van der Waals surface area contributed by atoms with E-state index in [4.69, 9.17) is 34.7 Å². The van der Waals surface area contributed by atoms with Gasteiger partial charge in [-0.1, -0.05) is 13.8 Å². The molecule has 0 aliphatic carbocycles. The minimum Gasteiger partial charge on any atom is -0.355 e. The summed E-state index contributed by atoms with van der Waals surface area (Å²) in [5.41, 5.74) is 10.2. The van der Waals surface area contributed by atoms with E-state index in [9.17, 15) is 19.2 Å². The van der Waals surface area contributed by atoms with E-state index in [1.807, 2.05) is 38.9 Å². The molecule has 0 heterocycles. The number of hydrogen-bond acceptors (Lipinski definition) is 10. The number of nitrogens with two attached hydrogens (primary N) is 2. The van der Waals surface area contributed by atoms with Crippen LogP contribution in [-0.4, -0.2) is 96.5 Å². The second-order valence-electron chi connectivity index (χ2n) is 5.96. The third-order valence-electron chi connectivity index (χ3n) is 3.00. The minimum absolute atomic E-state index is 0.0316. The van der Waals surface area contributed by atoms with Crippen molar-refractivity contribution in [1.29, 1.82) is 0 Å². The normalized spacial score (nSPS) is 8.83. The molecule has 0 fully saturated rings.